The smallest absolute Gasteiger partial charge is 0.321 e. The number of benzene rings is 2. The summed E-state index contributed by atoms with van der Waals surface area (Å²) < 4.78 is 15.8. The summed E-state index contributed by atoms with van der Waals surface area (Å²) >= 11 is 15.0. The zero-order chi connectivity index (χ0) is 34.7. The van der Waals surface area contributed by atoms with E-state index in [1.54, 1.807) is 35.3 Å². The molecule has 258 valence electrons. The standard InChI is InChI=1S/C24H29ClN6O.C11H11BrClN3O/c1-15(2)31-24(32-20-8-6-19(25)7-9-20)28-22(29-31)11-21-17-4-5-18(21)13-30(12-17)23-10-16(3)26-14-27-23;1-7(2)16-11(14-10(12)15-16)17-9-5-3-8(13)4-6-9/h6-10,14-15,17-18,21H,4-5,11-13H2,1-3H3;3-7H,1-2H3/t17-,18+,21?;. The van der Waals surface area contributed by atoms with Crippen LogP contribution in [0.15, 0.2) is 65.7 Å². The molecular formula is C35H40BrCl2N9O2. The number of fused-ring (bicyclic) bond motifs is 2. The molecule has 0 radical (unpaired) electrons. The second-order valence-corrected chi connectivity index (χ2v) is 14.6. The van der Waals surface area contributed by atoms with Crippen LogP contribution in [0.5, 0.6) is 23.5 Å². The van der Waals surface area contributed by atoms with E-state index in [1.165, 1.54) is 12.8 Å². The van der Waals surface area contributed by atoms with E-state index >= 15 is 0 Å². The van der Waals surface area contributed by atoms with Crippen LogP contribution >= 0.6 is 39.1 Å². The topological polar surface area (TPSA) is 109 Å². The maximum absolute atomic E-state index is 6.06. The van der Waals surface area contributed by atoms with Crippen molar-refractivity contribution in [3.8, 4) is 23.5 Å². The van der Waals surface area contributed by atoms with Crippen molar-refractivity contribution >= 4 is 44.9 Å². The Kier molecular flexibility index (Phi) is 11.1. The van der Waals surface area contributed by atoms with Crippen LogP contribution in [-0.4, -0.2) is 52.6 Å². The van der Waals surface area contributed by atoms with E-state index < -0.39 is 0 Å². The minimum absolute atomic E-state index is 0.165. The quantitative estimate of drug-likeness (QED) is 0.145. The third-order valence-corrected chi connectivity index (χ3v) is 9.64. The van der Waals surface area contributed by atoms with E-state index in [4.69, 9.17) is 42.8 Å². The molecule has 3 atom stereocenters. The van der Waals surface area contributed by atoms with E-state index in [2.05, 4.69) is 60.8 Å². The second kappa shape index (κ2) is 15.4. The Labute approximate surface area is 305 Å². The molecule has 0 spiro atoms. The second-order valence-electron chi connectivity index (χ2n) is 13.1. The van der Waals surface area contributed by atoms with Crippen molar-refractivity contribution in [2.24, 2.45) is 17.8 Å². The van der Waals surface area contributed by atoms with Gasteiger partial charge in [0, 0.05) is 41.3 Å². The number of aryl methyl sites for hydroxylation is 1. The maximum Gasteiger partial charge on any atom is 0.321 e. The first-order valence-electron chi connectivity index (χ1n) is 16.5. The molecule has 0 N–H and O–H groups in total. The van der Waals surface area contributed by atoms with Crippen LogP contribution in [0.2, 0.25) is 10.0 Å². The van der Waals surface area contributed by atoms with Gasteiger partial charge in [-0.15, -0.1) is 5.10 Å². The fourth-order valence-corrected chi connectivity index (χ4v) is 7.00. The fourth-order valence-electron chi connectivity index (χ4n) is 6.43. The van der Waals surface area contributed by atoms with E-state index in [0.29, 0.717) is 56.1 Å². The fraction of sp³-hybridized carbons (Fsp3) is 0.429. The highest BCUT2D eigenvalue weighted by Gasteiger charge is 2.43. The Bertz CT molecular complexity index is 1830. The van der Waals surface area contributed by atoms with Gasteiger partial charge in [-0.25, -0.2) is 19.3 Å². The summed E-state index contributed by atoms with van der Waals surface area (Å²) in [5, 5.41) is 10.4. The van der Waals surface area contributed by atoms with Crippen LogP contribution < -0.4 is 14.4 Å². The third kappa shape index (κ3) is 8.71. The van der Waals surface area contributed by atoms with Gasteiger partial charge in [-0.05, 0) is 130 Å². The van der Waals surface area contributed by atoms with Crippen LogP contribution in [0.4, 0.5) is 5.82 Å². The van der Waals surface area contributed by atoms with Crippen molar-refractivity contribution in [1.29, 1.82) is 0 Å². The average Bonchev–Trinajstić information content (AvgIpc) is 3.71. The van der Waals surface area contributed by atoms with Gasteiger partial charge >= 0.3 is 12.0 Å². The molecule has 7 rings (SSSR count). The number of nitrogens with zero attached hydrogens (tertiary/aromatic N) is 9. The molecular weight excluding hydrogens is 729 g/mol. The van der Waals surface area contributed by atoms with Gasteiger partial charge in [0.2, 0.25) is 4.73 Å². The molecule has 4 heterocycles. The Morgan fingerprint density at radius 2 is 1.31 bits per heavy atom. The zero-order valence-electron chi connectivity index (χ0n) is 28.2. The highest BCUT2D eigenvalue weighted by Crippen LogP contribution is 2.44. The van der Waals surface area contributed by atoms with Gasteiger partial charge in [0.15, 0.2) is 5.82 Å². The van der Waals surface area contributed by atoms with Gasteiger partial charge in [-0.1, -0.05) is 23.2 Å². The van der Waals surface area contributed by atoms with E-state index in [-0.39, 0.29) is 12.1 Å². The molecule has 1 unspecified atom stereocenters. The summed E-state index contributed by atoms with van der Waals surface area (Å²) in [5.41, 5.74) is 1.01. The lowest BCUT2D eigenvalue weighted by atomic mass is 9.82. The SMILES string of the molecule is CC(C)n1nc(Br)nc1Oc1ccc(Cl)cc1.Cc1cc(N2C[C@H]3CC[C@@H](C2)C3Cc2nc(Oc3ccc(Cl)cc3)n(C(C)C)n2)ncn1. The molecule has 2 bridgehead atoms. The lowest BCUT2D eigenvalue weighted by molar-refractivity contribution is 0.264. The Hall–Kier alpha value is -3.74. The Morgan fingerprint density at radius 3 is 1.84 bits per heavy atom. The molecule has 1 aliphatic heterocycles. The maximum atomic E-state index is 6.06. The van der Waals surface area contributed by atoms with Crippen molar-refractivity contribution in [1.82, 2.24) is 39.5 Å². The van der Waals surface area contributed by atoms with E-state index in [0.717, 1.165) is 36.8 Å². The number of hydrogen-bond acceptors (Lipinski definition) is 9. The summed E-state index contributed by atoms with van der Waals surface area (Å²) in [6, 6.07) is 17.9. The van der Waals surface area contributed by atoms with Crippen LogP contribution in [-0.2, 0) is 6.42 Å². The summed E-state index contributed by atoms with van der Waals surface area (Å²) in [7, 11) is 0. The first-order chi connectivity index (χ1) is 23.5. The highest BCUT2D eigenvalue weighted by atomic mass is 79.9. The zero-order valence-corrected chi connectivity index (χ0v) is 31.3. The summed E-state index contributed by atoms with van der Waals surface area (Å²) in [6.07, 6.45) is 5.08. The highest BCUT2D eigenvalue weighted by molar-refractivity contribution is 9.10. The largest absolute Gasteiger partial charge is 0.424 e. The van der Waals surface area contributed by atoms with Gasteiger partial charge in [-0.2, -0.15) is 15.1 Å². The van der Waals surface area contributed by atoms with Crippen molar-refractivity contribution in [2.75, 3.05) is 18.0 Å². The Morgan fingerprint density at radius 1 is 0.776 bits per heavy atom. The number of halogens is 3. The Balaban J connectivity index is 0.000000207. The number of piperidine rings is 1. The molecule has 1 aliphatic carbocycles. The van der Waals surface area contributed by atoms with Gasteiger partial charge in [0.1, 0.15) is 23.6 Å². The molecule has 49 heavy (non-hydrogen) atoms. The van der Waals surface area contributed by atoms with Gasteiger partial charge in [0.05, 0.1) is 12.1 Å². The lowest BCUT2D eigenvalue weighted by Gasteiger charge is -2.38. The molecule has 2 fully saturated rings. The van der Waals surface area contributed by atoms with E-state index in [9.17, 15) is 0 Å². The predicted octanol–water partition coefficient (Wildman–Crippen LogP) is 9.18. The number of ether oxygens (including phenoxy) is 2. The molecule has 5 aromatic rings. The number of hydrogen-bond donors (Lipinski definition) is 0. The minimum atomic E-state index is 0.165. The van der Waals surface area contributed by atoms with Crippen molar-refractivity contribution in [3.05, 3.63) is 87.2 Å². The van der Waals surface area contributed by atoms with Gasteiger partial charge in [-0.3, -0.25) is 0 Å². The number of rotatable bonds is 9. The molecule has 2 aliphatic rings. The summed E-state index contributed by atoms with van der Waals surface area (Å²) in [6.45, 7) is 12.3. The molecule has 14 heteroatoms. The lowest BCUT2D eigenvalue weighted by Crippen LogP contribution is -2.43. The average molecular weight is 770 g/mol. The van der Waals surface area contributed by atoms with Crippen LogP contribution in [0, 0.1) is 24.7 Å². The molecule has 3 aromatic heterocycles. The number of aromatic nitrogens is 8. The van der Waals surface area contributed by atoms with Crippen molar-refractivity contribution < 1.29 is 9.47 Å². The van der Waals surface area contributed by atoms with Crippen LogP contribution in [0.3, 0.4) is 0 Å². The minimum Gasteiger partial charge on any atom is -0.424 e. The first-order valence-corrected chi connectivity index (χ1v) is 18.0. The van der Waals surface area contributed by atoms with E-state index in [1.807, 2.05) is 49.7 Å². The first kappa shape index (κ1) is 35.1. The van der Waals surface area contributed by atoms with Gasteiger partial charge < -0.3 is 14.4 Å². The molecule has 1 saturated carbocycles. The van der Waals surface area contributed by atoms with Gasteiger partial charge in [0.25, 0.3) is 0 Å². The van der Waals surface area contributed by atoms with Crippen LogP contribution in [0.1, 0.15) is 64.1 Å². The predicted molar refractivity (Wildman–Crippen MR) is 194 cm³/mol. The molecule has 11 nitrogen and oxygen atoms in total. The molecule has 1 saturated heterocycles. The summed E-state index contributed by atoms with van der Waals surface area (Å²) in [4.78, 5) is 20.1. The number of anilines is 1. The monoisotopic (exact) mass is 767 g/mol. The third-order valence-electron chi connectivity index (χ3n) is 8.80. The normalized spacial score (nSPS) is 18.5. The van der Waals surface area contributed by atoms with Crippen LogP contribution in [0.25, 0.3) is 0 Å². The van der Waals surface area contributed by atoms with Crippen molar-refractivity contribution in [2.45, 2.75) is 66.0 Å². The van der Waals surface area contributed by atoms with Crippen molar-refractivity contribution in [3.63, 3.8) is 0 Å². The summed E-state index contributed by atoms with van der Waals surface area (Å²) in [5.74, 6) is 5.18. The molecule has 0 amide bonds. The molecule has 2 aromatic carbocycles.